The van der Waals surface area contributed by atoms with E-state index in [9.17, 15) is 9.59 Å². The molecule has 1 aliphatic heterocycles. The number of hydrogen-bond donors (Lipinski definition) is 0. The number of likely N-dealkylation sites (N-methyl/N-ethyl adjacent to an activating group) is 2. The lowest BCUT2D eigenvalue weighted by atomic mass is 10.1. The van der Waals surface area contributed by atoms with Crippen molar-refractivity contribution in [1.82, 2.24) is 14.4 Å². The van der Waals surface area contributed by atoms with Crippen LogP contribution < -0.4 is 0 Å². The van der Waals surface area contributed by atoms with E-state index < -0.39 is 0 Å². The maximum absolute atomic E-state index is 12.5. The monoisotopic (exact) mass is 339 g/mol. The van der Waals surface area contributed by atoms with Crippen LogP contribution in [-0.4, -0.2) is 45.4 Å². The second kappa shape index (κ2) is 6.05. The van der Waals surface area contributed by atoms with Gasteiger partial charge in [-0.2, -0.15) is 0 Å². The van der Waals surface area contributed by atoms with E-state index in [1.165, 1.54) is 9.80 Å². The number of amides is 2. The lowest BCUT2D eigenvalue weighted by Crippen LogP contribution is -2.52. The third-order valence-corrected chi connectivity index (χ3v) is 4.60. The molecule has 0 spiro atoms. The van der Waals surface area contributed by atoms with E-state index in [-0.39, 0.29) is 22.5 Å². The highest BCUT2D eigenvalue weighted by Gasteiger charge is 2.35. The van der Waals surface area contributed by atoms with Crippen LogP contribution in [-0.2, 0) is 9.59 Å². The van der Waals surface area contributed by atoms with Gasteiger partial charge in [0.25, 0.3) is 11.8 Å². The molecule has 5 nitrogen and oxygen atoms in total. The summed E-state index contributed by atoms with van der Waals surface area (Å²) in [7, 11) is 3.14. The molecule has 1 fully saturated rings. The zero-order chi connectivity index (χ0) is 17.4. The first kappa shape index (κ1) is 16.1. The largest absolute Gasteiger partial charge is 0.314 e. The molecule has 3 rings (SSSR count). The van der Waals surface area contributed by atoms with Gasteiger partial charge in [-0.1, -0.05) is 18.2 Å². The molecule has 122 valence electrons. The van der Waals surface area contributed by atoms with Crippen molar-refractivity contribution < 1.29 is 9.59 Å². The summed E-state index contributed by atoms with van der Waals surface area (Å²) in [6, 6.07) is 13.6. The summed E-state index contributed by atoms with van der Waals surface area (Å²) in [5, 5.41) is 0.205. The molecule has 1 saturated heterocycles. The predicted molar refractivity (Wildman–Crippen MR) is 96.6 cm³/mol. The number of aromatic nitrogens is 1. The fraction of sp³-hybridized carbons (Fsp3) is 0.167. The van der Waals surface area contributed by atoms with Crippen molar-refractivity contribution in [2.24, 2.45) is 0 Å². The molecule has 0 N–H and O–H groups in total. The van der Waals surface area contributed by atoms with Crippen LogP contribution in [0.15, 0.2) is 48.0 Å². The van der Waals surface area contributed by atoms with Crippen molar-refractivity contribution in [3.63, 3.8) is 0 Å². The number of carbonyl (C=O) groups is 2. The number of thiocarbonyl (C=S) groups is 1. The molecule has 2 amide bonds. The van der Waals surface area contributed by atoms with E-state index in [1.807, 2.05) is 54.0 Å². The maximum Gasteiger partial charge on any atom is 0.265 e. The van der Waals surface area contributed by atoms with Gasteiger partial charge in [0.05, 0.1) is 0 Å². The first-order valence-corrected chi connectivity index (χ1v) is 7.88. The summed E-state index contributed by atoms with van der Waals surface area (Å²) >= 11 is 5.11. The van der Waals surface area contributed by atoms with Crippen LogP contribution in [0.2, 0.25) is 0 Å². The fourth-order valence-corrected chi connectivity index (χ4v) is 2.89. The summed E-state index contributed by atoms with van der Waals surface area (Å²) < 4.78 is 2.00. The minimum Gasteiger partial charge on any atom is -0.314 e. The van der Waals surface area contributed by atoms with Gasteiger partial charge in [-0.05, 0) is 49.5 Å². The van der Waals surface area contributed by atoms with Gasteiger partial charge >= 0.3 is 0 Å². The first-order valence-electron chi connectivity index (χ1n) is 7.47. The fourth-order valence-electron chi connectivity index (χ4n) is 2.72. The van der Waals surface area contributed by atoms with Gasteiger partial charge < -0.3 is 4.57 Å². The number of benzene rings is 1. The Labute approximate surface area is 145 Å². The van der Waals surface area contributed by atoms with E-state index in [0.29, 0.717) is 0 Å². The van der Waals surface area contributed by atoms with E-state index >= 15 is 0 Å². The van der Waals surface area contributed by atoms with Crippen molar-refractivity contribution >= 4 is 35.2 Å². The smallest absolute Gasteiger partial charge is 0.265 e. The molecule has 0 saturated carbocycles. The highest BCUT2D eigenvalue weighted by atomic mass is 32.1. The molecule has 1 aromatic heterocycles. The molecular weight excluding hydrogens is 322 g/mol. The zero-order valence-electron chi connectivity index (χ0n) is 13.7. The molecule has 0 bridgehead atoms. The van der Waals surface area contributed by atoms with E-state index in [2.05, 4.69) is 0 Å². The molecule has 2 heterocycles. The molecule has 24 heavy (non-hydrogen) atoms. The summed E-state index contributed by atoms with van der Waals surface area (Å²) in [6.07, 6.45) is 1.62. The Morgan fingerprint density at radius 2 is 1.50 bits per heavy atom. The second-order valence-electron chi connectivity index (χ2n) is 5.64. The van der Waals surface area contributed by atoms with Gasteiger partial charge in [-0.25, -0.2) is 0 Å². The SMILES string of the molecule is Cc1ccc(C=C2C(=O)N(C)C(=S)N(C)C2=O)n1-c1ccccc1. The van der Waals surface area contributed by atoms with Crippen molar-refractivity contribution in [3.8, 4) is 5.69 Å². The van der Waals surface area contributed by atoms with Gasteiger partial charge in [-0.15, -0.1) is 0 Å². The van der Waals surface area contributed by atoms with Crippen molar-refractivity contribution in [3.05, 3.63) is 59.4 Å². The van der Waals surface area contributed by atoms with E-state index in [4.69, 9.17) is 12.2 Å². The van der Waals surface area contributed by atoms with Crippen molar-refractivity contribution in [2.75, 3.05) is 14.1 Å². The number of rotatable bonds is 2. The summed E-state index contributed by atoms with van der Waals surface area (Å²) in [6.45, 7) is 1.98. The number of aryl methyl sites for hydroxylation is 1. The minimum atomic E-state index is -0.387. The van der Waals surface area contributed by atoms with Crippen molar-refractivity contribution in [2.45, 2.75) is 6.92 Å². The molecule has 0 unspecified atom stereocenters. The van der Waals surface area contributed by atoms with E-state index in [1.54, 1.807) is 20.2 Å². The molecule has 0 radical (unpaired) electrons. The van der Waals surface area contributed by atoms with Gasteiger partial charge in [0.1, 0.15) is 5.57 Å². The molecule has 1 aromatic carbocycles. The Kier molecular flexibility index (Phi) is 4.07. The Balaban J connectivity index is 2.11. The maximum atomic E-state index is 12.5. The molecule has 0 atom stereocenters. The highest BCUT2D eigenvalue weighted by Crippen LogP contribution is 2.22. The Morgan fingerprint density at radius 1 is 0.917 bits per heavy atom. The molecule has 0 aliphatic carbocycles. The lowest BCUT2D eigenvalue weighted by Gasteiger charge is -2.31. The standard InChI is InChI=1S/C18H17N3O2S/c1-12-9-10-14(21(12)13-7-5-4-6-8-13)11-15-16(22)19(2)18(24)20(3)17(15)23/h4-11H,1-3H3. The third kappa shape index (κ3) is 2.55. The van der Waals surface area contributed by atoms with Crippen LogP contribution in [0.5, 0.6) is 0 Å². The summed E-state index contributed by atoms with van der Waals surface area (Å²) in [5.41, 5.74) is 2.86. The number of nitrogens with zero attached hydrogens (tertiary/aromatic N) is 3. The topological polar surface area (TPSA) is 45.6 Å². The second-order valence-corrected chi connectivity index (χ2v) is 6.00. The third-order valence-electron chi connectivity index (χ3n) is 4.06. The van der Waals surface area contributed by atoms with E-state index in [0.717, 1.165) is 17.1 Å². The van der Waals surface area contributed by atoms with Crippen LogP contribution in [0.3, 0.4) is 0 Å². The quantitative estimate of drug-likeness (QED) is 0.479. The zero-order valence-corrected chi connectivity index (χ0v) is 14.5. The molecular formula is C18H17N3O2S. The number of carbonyl (C=O) groups excluding carboxylic acids is 2. The normalized spacial score (nSPS) is 15.3. The number of para-hydroxylation sites is 1. The Hall–Kier alpha value is -2.73. The summed E-state index contributed by atoms with van der Waals surface area (Å²) in [4.78, 5) is 27.5. The first-order chi connectivity index (χ1) is 11.4. The summed E-state index contributed by atoms with van der Waals surface area (Å²) in [5.74, 6) is -0.775. The predicted octanol–water partition coefficient (Wildman–Crippen LogP) is 2.38. The van der Waals surface area contributed by atoms with Crippen molar-refractivity contribution in [1.29, 1.82) is 0 Å². The van der Waals surface area contributed by atoms with Gasteiger partial charge in [0, 0.05) is 31.2 Å². The average molecular weight is 339 g/mol. The van der Waals surface area contributed by atoms with Gasteiger partial charge in [0.2, 0.25) is 0 Å². The Morgan fingerprint density at radius 3 is 2.08 bits per heavy atom. The molecule has 6 heteroatoms. The highest BCUT2D eigenvalue weighted by molar-refractivity contribution is 7.80. The molecule has 1 aliphatic rings. The minimum absolute atomic E-state index is 0.101. The van der Waals surface area contributed by atoms with Gasteiger partial charge in [0.15, 0.2) is 5.11 Å². The van der Waals surface area contributed by atoms with Crippen LogP contribution in [0.25, 0.3) is 11.8 Å². The van der Waals surface area contributed by atoms with Crippen LogP contribution in [0.4, 0.5) is 0 Å². The van der Waals surface area contributed by atoms with Gasteiger partial charge in [-0.3, -0.25) is 19.4 Å². The van der Waals surface area contributed by atoms with Crippen LogP contribution >= 0.6 is 12.2 Å². The average Bonchev–Trinajstić information content (AvgIpc) is 2.96. The lowest BCUT2D eigenvalue weighted by molar-refractivity contribution is -0.132. The van der Waals surface area contributed by atoms with Crippen LogP contribution in [0.1, 0.15) is 11.4 Å². The Bertz CT molecular complexity index is 842. The molecule has 2 aromatic rings. The van der Waals surface area contributed by atoms with Crippen LogP contribution in [0, 0.1) is 6.92 Å². The number of hydrogen-bond acceptors (Lipinski definition) is 3.